The first-order valence-electron chi connectivity index (χ1n) is 6.16. The average Bonchev–Trinajstić information content (AvgIpc) is 2.84. The third-order valence-corrected chi connectivity index (χ3v) is 4.29. The number of hydrogen-bond acceptors (Lipinski definition) is 2. The van der Waals surface area contributed by atoms with Gasteiger partial charge in [0, 0.05) is 8.96 Å². The number of nitrogens with two attached hydrogens (primary N) is 1. The van der Waals surface area contributed by atoms with Gasteiger partial charge in [0.15, 0.2) is 0 Å². The summed E-state index contributed by atoms with van der Waals surface area (Å²) in [6.45, 7) is 2.05. The number of benzene rings is 2. The molecular formula is C16H14INO. The van der Waals surface area contributed by atoms with Crippen molar-refractivity contribution in [2.45, 2.75) is 13.0 Å². The number of para-hydroxylation sites is 1. The normalized spacial score (nSPS) is 12.8. The van der Waals surface area contributed by atoms with E-state index in [1.807, 2.05) is 43.3 Å². The fourth-order valence-electron chi connectivity index (χ4n) is 2.26. The van der Waals surface area contributed by atoms with Crippen molar-refractivity contribution in [1.29, 1.82) is 0 Å². The van der Waals surface area contributed by atoms with E-state index in [2.05, 4.69) is 34.7 Å². The highest BCUT2D eigenvalue weighted by Crippen LogP contribution is 2.30. The lowest BCUT2D eigenvalue weighted by Crippen LogP contribution is -2.12. The Kier molecular flexibility index (Phi) is 3.33. The number of fused-ring (bicyclic) bond motifs is 1. The first-order chi connectivity index (χ1) is 9.16. The van der Waals surface area contributed by atoms with Crippen molar-refractivity contribution in [3.63, 3.8) is 0 Å². The van der Waals surface area contributed by atoms with E-state index < -0.39 is 0 Å². The Morgan fingerprint density at radius 3 is 2.63 bits per heavy atom. The molecule has 1 unspecified atom stereocenters. The Bertz CT molecular complexity index is 732. The van der Waals surface area contributed by atoms with Gasteiger partial charge in [-0.1, -0.05) is 36.4 Å². The van der Waals surface area contributed by atoms with Gasteiger partial charge in [0.1, 0.15) is 11.3 Å². The van der Waals surface area contributed by atoms with Crippen molar-refractivity contribution >= 4 is 33.6 Å². The lowest BCUT2D eigenvalue weighted by molar-refractivity contribution is 0.523. The molecule has 0 aliphatic heterocycles. The molecule has 0 radical (unpaired) electrons. The highest BCUT2D eigenvalue weighted by molar-refractivity contribution is 14.1. The van der Waals surface area contributed by atoms with E-state index in [9.17, 15) is 0 Å². The van der Waals surface area contributed by atoms with Crippen LogP contribution in [0.2, 0.25) is 0 Å². The topological polar surface area (TPSA) is 39.2 Å². The van der Waals surface area contributed by atoms with Crippen LogP contribution in [0, 0.1) is 10.5 Å². The second kappa shape index (κ2) is 4.98. The SMILES string of the molecule is Cc1cccc2cc(C(N)c3ccccc3I)oc12. The van der Waals surface area contributed by atoms with Gasteiger partial charge in [-0.15, -0.1) is 0 Å². The van der Waals surface area contributed by atoms with E-state index in [1.165, 1.54) is 0 Å². The molecule has 96 valence electrons. The second-order valence-electron chi connectivity index (χ2n) is 4.64. The molecule has 2 aromatic carbocycles. The zero-order valence-corrected chi connectivity index (χ0v) is 12.7. The Morgan fingerprint density at radius 2 is 1.89 bits per heavy atom. The smallest absolute Gasteiger partial charge is 0.137 e. The monoisotopic (exact) mass is 363 g/mol. The van der Waals surface area contributed by atoms with E-state index in [4.69, 9.17) is 10.2 Å². The van der Waals surface area contributed by atoms with Gasteiger partial charge in [-0.3, -0.25) is 0 Å². The predicted molar refractivity (Wildman–Crippen MR) is 86.1 cm³/mol. The van der Waals surface area contributed by atoms with Crippen LogP contribution < -0.4 is 5.73 Å². The van der Waals surface area contributed by atoms with Crippen molar-refractivity contribution in [3.05, 3.63) is 69.0 Å². The van der Waals surface area contributed by atoms with Crippen LogP contribution in [0.3, 0.4) is 0 Å². The molecule has 0 bridgehead atoms. The molecule has 1 aromatic heterocycles. The molecule has 2 nitrogen and oxygen atoms in total. The minimum Gasteiger partial charge on any atom is -0.459 e. The molecule has 1 atom stereocenters. The first kappa shape index (κ1) is 12.7. The lowest BCUT2D eigenvalue weighted by Gasteiger charge is -2.10. The fraction of sp³-hybridized carbons (Fsp3) is 0.125. The van der Waals surface area contributed by atoms with Gasteiger partial charge in [-0.25, -0.2) is 0 Å². The van der Waals surface area contributed by atoms with Crippen LogP contribution in [-0.4, -0.2) is 0 Å². The molecule has 3 aromatic rings. The molecule has 3 rings (SSSR count). The zero-order chi connectivity index (χ0) is 13.4. The predicted octanol–water partition coefficient (Wildman–Crippen LogP) is 4.39. The Labute approximate surface area is 125 Å². The lowest BCUT2D eigenvalue weighted by atomic mass is 10.1. The van der Waals surface area contributed by atoms with Gasteiger partial charge in [0.2, 0.25) is 0 Å². The van der Waals surface area contributed by atoms with Crippen molar-refractivity contribution in [1.82, 2.24) is 0 Å². The van der Waals surface area contributed by atoms with Crippen LogP contribution in [0.15, 0.2) is 52.9 Å². The molecular weight excluding hydrogens is 349 g/mol. The van der Waals surface area contributed by atoms with E-state index in [-0.39, 0.29) is 6.04 Å². The third kappa shape index (κ3) is 2.28. The molecule has 0 saturated heterocycles. The second-order valence-corrected chi connectivity index (χ2v) is 5.80. The number of furan rings is 1. The summed E-state index contributed by atoms with van der Waals surface area (Å²) < 4.78 is 7.10. The van der Waals surface area contributed by atoms with E-state index in [0.717, 1.165) is 31.4 Å². The molecule has 0 saturated carbocycles. The molecule has 19 heavy (non-hydrogen) atoms. The Hall–Kier alpha value is -1.33. The van der Waals surface area contributed by atoms with Crippen molar-refractivity contribution in [2.24, 2.45) is 5.73 Å². The van der Waals surface area contributed by atoms with Crippen LogP contribution in [0.25, 0.3) is 11.0 Å². The van der Waals surface area contributed by atoms with E-state index in [0.29, 0.717) is 0 Å². The van der Waals surface area contributed by atoms with Gasteiger partial charge >= 0.3 is 0 Å². The van der Waals surface area contributed by atoms with Crippen LogP contribution in [-0.2, 0) is 0 Å². The number of hydrogen-bond donors (Lipinski definition) is 1. The van der Waals surface area contributed by atoms with Gasteiger partial charge in [0.05, 0.1) is 6.04 Å². The molecule has 1 heterocycles. The minimum atomic E-state index is -0.222. The summed E-state index contributed by atoms with van der Waals surface area (Å²) >= 11 is 2.31. The minimum absolute atomic E-state index is 0.222. The summed E-state index contributed by atoms with van der Waals surface area (Å²) in [4.78, 5) is 0. The molecule has 0 spiro atoms. The highest BCUT2D eigenvalue weighted by atomic mass is 127. The first-order valence-corrected chi connectivity index (χ1v) is 7.24. The summed E-state index contributed by atoms with van der Waals surface area (Å²) in [7, 11) is 0. The summed E-state index contributed by atoms with van der Waals surface area (Å²) in [5, 5.41) is 1.11. The van der Waals surface area contributed by atoms with Gasteiger partial charge in [-0.05, 0) is 52.8 Å². The quantitative estimate of drug-likeness (QED) is 0.686. The Balaban J connectivity index is 2.10. The maximum Gasteiger partial charge on any atom is 0.137 e. The van der Waals surface area contributed by atoms with Gasteiger partial charge in [-0.2, -0.15) is 0 Å². The van der Waals surface area contributed by atoms with E-state index in [1.54, 1.807) is 0 Å². The van der Waals surface area contributed by atoms with Crippen molar-refractivity contribution < 1.29 is 4.42 Å². The number of aryl methyl sites for hydroxylation is 1. The third-order valence-electron chi connectivity index (χ3n) is 3.31. The van der Waals surface area contributed by atoms with Gasteiger partial charge < -0.3 is 10.2 Å². The van der Waals surface area contributed by atoms with Crippen LogP contribution in [0.1, 0.15) is 22.9 Å². The largest absolute Gasteiger partial charge is 0.459 e. The Morgan fingerprint density at radius 1 is 1.11 bits per heavy atom. The van der Waals surface area contributed by atoms with Crippen LogP contribution in [0.4, 0.5) is 0 Å². The summed E-state index contributed by atoms with van der Waals surface area (Å²) in [5.41, 5.74) is 9.50. The van der Waals surface area contributed by atoms with Crippen molar-refractivity contribution in [2.75, 3.05) is 0 Å². The molecule has 2 N–H and O–H groups in total. The standard InChI is InChI=1S/C16H14INO/c1-10-5-4-6-11-9-14(19-16(10)11)15(18)12-7-2-3-8-13(12)17/h2-9,15H,18H2,1H3. The average molecular weight is 363 g/mol. The zero-order valence-electron chi connectivity index (χ0n) is 10.6. The number of rotatable bonds is 2. The maximum atomic E-state index is 6.33. The highest BCUT2D eigenvalue weighted by Gasteiger charge is 2.16. The summed E-state index contributed by atoms with van der Waals surface area (Å²) in [6, 6.07) is 16.1. The molecule has 0 aliphatic rings. The molecule has 0 fully saturated rings. The molecule has 0 aliphatic carbocycles. The fourth-order valence-corrected chi connectivity index (χ4v) is 2.99. The summed E-state index contributed by atoms with van der Waals surface area (Å²) in [6.07, 6.45) is 0. The maximum absolute atomic E-state index is 6.33. The van der Waals surface area contributed by atoms with Gasteiger partial charge in [0.25, 0.3) is 0 Å². The number of halogens is 1. The molecule has 3 heteroatoms. The summed E-state index contributed by atoms with van der Waals surface area (Å²) in [5.74, 6) is 0.813. The molecule has 0 amide bonds. The van der Waals surface area contributed by atoms with Crippen molar-refractivity contribution in [3.8, 4) is 0 Å². The van der Waals surface area contributed by atoms with Crippen LogP contribution >= 0.6 is 22.6 Å². The van der Waals surface area contributed by atoms with E-state index >= 15 is 0 Å². The van der Waals surface area contributed by atoms with Crippen LogP contribution in [0.5, 0.6) is 0 Å².